The van der Waals surface area contributed by atoms with Crippen LogP contribution in [0.1, 0.15) is 18.4 Å². The molecule has 0 radical (unpaired) electrons. The summed E-state index contributed by atoms with van der Waals surface area (Å²) in [5.74, 6) is -0.575. The van der Waals surface area contributed by atoms with Crippen LogP contribution >= 0.6 is 0 Å². The summed E-state index contributed by atoms with van der Waals surface area (Å²) in [4.78, 5) is 11.4. The van der Waals surface area contributed by atoms with Crippen molar-refractivity contribution >= 4 is 5.91 Å². The summed E-state index contributed by atoms with van der Waals surface area (Å²) >= 11 is 0. The molecule has 7 heteroatoms. The third-order valence-electron chi connectivity index (χ3n) is 2.87. The topological polar surface area (TPSA) is 75.4 Å². The number of carbonyl (C=O) groups is 1. The average Bonchev–Trinajstić information content (AvgIpc) is 2.42. The Bertz CT molecular complexity index is 437. The summed E-state index contributed by atoms with van der Waals surface area (Å²) in [6.45, 7) is -0.653. The quantitative estimate of drug-likeness (QED) is 0.739. The molecular weight excluding hydrogens is 273 g/mol. The fourth-order valence-corrected chi connectivity index (χ4v) is 1.66. The first kappa shape index (κ1) is 16.5. The van der Waals surface area contributed by atoms with E-state index in [1.54, 1.807) is 6.07 Å². The highest BCUT2D eigenvalue weighted by Crippen LogP contribution is 2.38. The van der Waals surface area contributed by atoms with Crippen molar-refractivity contribution in [1.82, 2.24) is 5.32 Å². The first-order chi connectivity index (χ1) is 9.31. The van der Waals surface area contributed by atoms with Gasteiger partial charge < -0.3 is 16.2 Å². The molecule has 1 rings (SSSR count). The number of rotatable bonds is 6. The van der Waals surface area contributed by atoms with E-state index in [1.165, 1.54) is 24.3 Å². The van der Waals surface area contributed by atoms with Gasteiger partial charge in [0.1, 0.15) is 0 Å². The molecule has 1 amide bonds. The molecule has 0 fully saturated rings. The van der Waals surface area contributed by atoms with Crippen molar-refractivity contribution in [3.05, 3.63) is 35.9 Å². The number of benzene rings is 1. The average molecular weight is 290 g/mol. The van der Waals surface area contributed by atoms with E-state index in [1.807, 2.05) is 0 Å². The molecule has 0 aliphatic heterocycles. The van der Waals surface area contributed by atoms with Gasteiger partial charge in [-0.3, -0.25) is 4.79 Å². The van der Waals surface area contributed by atoms with E-state index in [4.69, 9.17) is 5.73 Å². The maximum atomic E-state index is 13.1. The molecule has 0 aromatic heterocycles. The first-order valence-corrected chi connectivity index (χ1v) is 6.12. The zero-order valence-electron chi connectivity index (χ0n) is 10.8. The van der Waals surface area contributed by atoms with Crippen molar-refractivity contribution in [3.8, 4) is 0 Å². The van der Waals surface area contributed by atoms with Gasteiger partial charge in [-0.2, -0.15) is 13.2 Å². The highest BCUT2D eigenvalue weighted by molar-refractivity contribution is 5.75. The summed E-state index contributed by atoms with van der Waals surface area (Å²) < 4.78 is 39.2. The lowest BCUT2D eigenvalue weighted by Crippen LogP contribution is -2.51. The molecule has 0 aliphatic carbocycles. The van der Waals surface area contributed by atoms with Crippen LogP contribution in [0.5, 0.6) is 0 Å². The second-order valence-corrected chi connectivity index (χ2v) is 4.39. The maximum Gasteiger partial charge on any atom is 0.423 e. The van der Waals surface area contributed by atoms with Crippen molar-refractivity contribution in [1.29, 1.82) is 0 Å². The number of nitrogens with two attached hydrogens (primary N) is 1. The van der Waals surface area contributed by atoms with Gasteiger partial charge in [-0.05, 0) is 18.5 Å². The summed E-state index contributed by atoms with van der Waals surface area (Å²) in [6.07, 6.45) is -4.49. The molecule has 4 nitrogen and oxygen atoms in total. The first-order valence-electron chi connectivity index (χ1n) is 6.12. The van der Waals surface area contributed by atoms with E-state index in [0.717, 1.165) is 0 Å². The van der Waals surface area contributed by atoms with Crippen LogP contribution in [0, 0.1) is 0 Å². The van der Waals surface area contributed by atoms with Crippen molar-refractivity contribution in [2.24, 2.45) is 5.73 Å². The molecule has 20 heavy (non-hydrogen) atoms. The van der Waals surface area contributed by atoms with Crippen LogP contribution in [0.15, 0.2) is 30.3 Å². The van der Waals surface area contributed by atoms with Crippen molar-refractivity contribution in [2.45, 2.75) is 24.6 Å². The van der Waals surface area contributed by atoms with Crippen LogP contribution in [0.2, 0.25) is 0 Å². The lowest BCUT2D eigenvalue weighted by atomic mass is 9.93. The monoisotopic (exact) mass is 290 g/mol. The fraction of sp³-hybridized carbons (Fsp3) is 0.462. The zero-order valence-corrected chi connectivity index (χ0v) is 10.8. The van der Waals surface area contributed by atoms with Crippen LogP contribution in [0.4, 0.5) is 13.2 Å². The number of halogens is 3. The van der Waals surface area contributed by atoms with E-state index in [2.05, 4.69) is 5.32 Å². The number of amides is 1. The minimum absolute atomic E-state index is 0.0270. The van der Waals surface area contributed by atoms with Gasteiger partial charge in [0.25, 0.3) is 0 Å². The van der Waals surface area contributed by atoms with Gasteiger partial charge in [0, 0.05) is 6.42 Å². The van der Waals surface area contributed by atoms with E-state index in [9.17, 15) is 23.1 Å². The number of hydrogen-bond acceptors (Lipinski definition) is 3. The highest BCUT2D eigenvalue weighted by atomic mass is 19.4. The van der Waals surface area contributed by atoms with Gasteiger partial charge in [0.15, 0.2) is 0 Å². The van der Waals surface area contributed by atoms with Gasteiger partial charge in [-0.15, -0.1) is 0 Å². The van der Waals surface area contributed by atoms with E-state index >= 15 is 0 Å². The smallest absolute Gasteiger partial charge is 0.375 e. The highest BCUT2D eigenvalue weighted by Gasteiger charge is 2.55. The minimum atomic E-state index is -4.89. The molecule has 1 aromatic carbocycles. The lowest BCUT2D eigenvalue weighted by molar-refractivity contribution is -0.264. The molecule has 1 unspecified atom stereocenters. The SMILES string of the molecule is NCCCC(=O)NCC(O)(c1ccccc1)C(F)(F)F. The van der Waals surface area contributed by atoms with Crippen molar-refractivity contribution in [3.63, 3.8) is 0 Å². The Labute approximate surface area is 114 Å². The normalized spacial score (nSPS) is 14.7. The third-order valence-corrected chi connectivity index (χ3v) is 2.87. The van der Waals surface area contributed by atoms with E-state index in [-0.39, 0.29) is 18.5 Å². The molecule has 1 aromatic rings. The van der Waals surface area contributed by atoms with Crippen LogP contribution in [-0.2, 0) is 10.4 Å². The molecule has 0 bridgehead atoms. The molecule has 112 valence electrons. The van der Waals surface area contributed by atoms with Gasteiger partial charge in [0.2, 0.25) is 11.5 Å². The summed E-state index contributed by atoms with van der Waals surface area (Å²) in [5, 5.41) is 12.0. The molecule has 0 aliphatic rings. The van der Waals surface area contributed by atoms with Crippen molar-refractivity contribution < 1.29 is 23.1 Å². The molecule has 4 N–H and O–H groups in total. The van der Waals surface area contributed by atoms with Crippen LogP contribution < -0.4 is 11.1 Å². The number of nitrogens with one attached hydrogen (secondary N) is 1. The predicted molar refractivity (Wildman–Crippen MR) is 67.7 cm³/mol. The molecule has 0 saturated carbocycles. The third kappa shape index (κ3) is 3.94. The number of carbonyl (C=O) groups excluding carboxylic acids is 1. The largest absolute Gasteiger partial charge is 0.423 e. The Kier molecular flexibility index (Phi) is 5.52. The Morgan fingerprint density at radius 1 is 1.25 bits per heavy atom. The number of aliphatic hydroxyl groups is 1. The van der Waals surface area contributed by atoms with Gasteiger partial charge in [-0.25, -0.2) is 0 Å². The van der Waals surface area contributed by atoms with Gasteiger partial charge >= 0.3 is 6.18 Å². The van der Waals surface area contributed by atoms with Crippen LogP contribution in [0.25, 0.3) is 0 Å². The molecule has 0 saturated heterocycles. The Morgan fingerprint density at radius 3 is 2.35 bits per heavy atom. The van der Waals surface area contributed by atoms with Crippen LogP contribution in [0.3, 0.4) is 0 Å². The van der Waals surface area contributed by atoms with E-state index in [0.29, 0.717) is 6.42 Å². The summed E-state index contributed by atoms with van der Waals surface area (Å²) in [6, 6.07) is 6.66. The molecule has 0 spiro atoms. The van der Waals surface area contributed by atoms with Crippen LogP contribution in [-0.4, -0.2) is 30.3 Å². The Morgan fingerprint density at radius 2 is 1.85 bits per heavy atom. The summed E-state index contributed by atoms with van der Waals surface area (Å²) in [5.41, 5.74) is 1.79. The predicted octanol–water partition coefficient (Wildman–Crippen LogP) is 1.29. The van der Waals surface area contributed by atoms with Gasteiger partial charge in [-0.1, -0.05) is 30.3 Å². The second kappa shape index (κ2) is 6.71. The molecule has 0 heterocycles. The Hall–Kier alpha value is -1.60. The summed E-state index contributed by atoms with van der Waals surface area (Å²) in [7, 11) is 0. The zero-order chi connectivity index (χ0) is 15.2. The fourth-order valence-electron chi connectivity index (χ4n) is 1.66. The minimum Gasteiger partial charge on any atom is -0.375 e. The van der Waals surface area contributed by atoms with Gasteiger partial charge in [0.05, 0.1) is 6.54 Å². The number of alkyl halides is 3. The lowest BCUT2D eigenvalue weighted by Gasteiger charge is -2.31. The molecule has 1 atom stereocenters. The molecular formula is C13H17F3N2O2. The Balaban J connectivity index is 2.84. The van der Waals surface area contributed by atoms with E-state index < -0.39 is 24.2 Å². The van der Waals surface area contributed by atoms with Crippen molar-refractivity contribution in [2.75, 3.05) is 13.1 Å². The maximum absolute atomic E-state index is 13.1. The second-order valence-electron chi connectivity index (χ2n) is 4.39. The standard InChI is InChI=1S/C13H17F3N2O2/c14-13(15,16)12(20,10-5-2-1-3-6-10)9-18-11(19)7-4-8-17/h1-3,5-6,20H,4,7-9,17H2,(H,18,19). The number of hydrogen-bond donors (Lipinski definition) is 3.